The van der Waals surface area contributed by atoms with E-state index in [1.54, 1.807) is 0 Å². The Kier molecular flexibility index (Phi) is 4.17. The predicted molar refractivity (Wildman–Crippen MR) is 69.2 cm³/mol. The maximum atomic E-state index is 10.4. The van der Waals surface area contributed by atoms with Gasteiger partial charge >= 0.3 is 0 Å². The Labute approximate surface area is 107 Å². The summed E-state index contributed by atoms with van der Waals surface area (Å²) < 4.78 is 0. The van der Waals surface area contributed by atoms with Crippen LogP contribution in [-0.2, 0) is 4.79 Å². The van der Waals surface area contributed by atoms with Gasteiger partial charge in [0.05, 0.1) is 5.69 Å². The molecule has 1 fully saturated rings. The predicted octanol–water partition coefficient (Wildman–Crippen LogP) is 1.32. The molecule has 0 spiro atoms. The average Bonchev–Trinajstić information content (AvgIpc) is 2.40. The van der Waals surface area contributed by atoms with Gasteiger partial charge in [0.15, 0.2) is 0 Å². The maximum Gasteiger partial charge on any atom is 0.207 e. The number of carbonyl (C=O) groups is 1. The topological polar surface area (TPSA) is 55.8 Å². The van der Waals surface area contributed by atoms with Crippen LogP contribution in [0.15, 0.2) is 24.3 Å². The molecule has 0 saturated carbocycles. The highest BCUT2D eigenvalue weighted by molar-refractivity contribution is 5.46. The third-order valence-electron chi connectivity index (χ3n) is 3.31. The highest BCUT2D eigenvalue weighted by atomic mass is 16.5. The fourth-order valence-corrected chi connectivity index (χ4v) is 2.16. The van der Waals surface area contributed by atoms with Crippen molar-refractivity contribution >= 4 is 12.1 Å². The molecular weight excluding hydrogens is 230 g/mol. The number of nitrogens with zero attached hydrogens (tertiary/aromatic N) is 2. The molecule has 0 aliphatic carbocycles. The molecule has 1 heterocycles. The van der Waals surface area contributed by atoms with Crippen molar-refractivity contribution < 1.29 is 10.0 Å². The summed E-state index contributed by atoms with van der Waals surface area (Å²) in [6.07, 6.45) is 2.44. The summed E-state index contributed by atoms with van der Waals surface area (Å²) >= 11 is 0. The first-order valence-electron chi connectivity index (χ1n) is 6.21. The summed E-state index contributed by atoms with van der Waals surface area (Å²) in [5.41, 5.74) is 1.93. The van der Waals surface area contributed by atoms with E-state index in [2.05, 4.69) is 5.32 Å². The minimum atomic E-state index is 0.227. The van der Waals surface area contributed by atoms with Crippen LogP contribution in [0.2, 0.25) is 0 Å². The van der Waals surface area contributed by atoms with Crippen LogP contribution in [0.4, 0.5) is 5.69 Å². The molecule has 0 bridgehead atoms. The number of carbonyl (C=O) groups excluding carboxylic acids is 1. The number of rotatable bonds is 4. The van der Waals surface area contributed by atoms with Gasteiger partial charge in [0.2, 0.25) is 6.41 Å². The zero-order valence-corrected chi connectivity index (χ0v) is 10.5. The van der Waals surface area contributed by atoms with Gasteiger partial charge in [-0.1, -0.05) is 17.7 Å². The highest BCUT2D eigenvalue weighted by Gasteiger charge is 2.22. The molecule has 0 aromatic heterocycles. The number of amides is 1. The first-order chi connectivity index (χ1) is 8.70. The summed E-state index contributed by atoms with van der Waals surface area (Å²) in [7, 11) is 0. The van der Waals surface area contributed by atoms with Gasteiger partial charge in [-0.15, -0.1) is 0 Å². The second-order valence-electron chi connectivity index (χ2n) is 4.64. The van der Waals surface area contributed by atoms with E-state index < -0.39 is 0 Å². The summed E-state index contributed by atoms with van der Waals surface area (Å²) in [6, 6.07) is 7.96. The zero-order valence-electron chi connectivity index (χ0n) is 10.5. The molecule has 5 heteroatoms. The number of hydrogen-bond acceptors (Lipinski definition) is 4. The maximum absolute atomic E-state index is 10.4. The second-order valence-corrected chi connectivity index (χ2v) is 4.64. The average molecular weight is 249 g/mol. The molecule has 2 rings (SSSR count). The smallest absolute Gasteiger partial charge is 0.207 e. The quantitative estimate of drug-likeness (QED) is 0.624. The minimum Gasteiger partial charge on any atom is -0.356 e. The van der Waals surface area contributed by atoms with Crippen molar-refractivity contribution in [1.29, 1.82) is 0 Å². The zero-order chi connectivity index (χ0) is 13.0. The van der Waals surface area contributed by atoms with Gasteiger partial charge in [-0.2, -0.15) is 10.2 Å². The number of nitrogens with one attached hydrogen (secondary N) is 1. The molecule has 0 unspecified atom stereocenters. The first-order valence-corrected chi connectivity index (χ1v) is 6.21. The van der Waals surface area contributed by atoms with Crippen molar-refractivity contribution in [1.82, 2.24) is 10.3 Å². The van der Waals surface area contributed by atoms with E-state index in [1.165, 1.54) is 10.7 Å². The lowest BCUT2D eigenvalue weighted by molar-refractivity contribution is -0.110. The summed E-state index contributed by atoms with van der Waals surface area (Å²) in [5, 5.41) is 16.0. The SMILES string of the molecule is Cc1ccc(N(O)N2CCC(NC=O)CC2)cc1. The normalized spacial score (nSPS) is 17.4. The van der Waals surface area contributed by atoms with Crippen LogP contribution in [0.5, 0.6) is 0 Å². The third-order valence-corrected chi connectivity index (χ3v) is 3.31. The van der Waals surface area contributed by atoms with Crippen molar-refractivity contribution in [2.24, 2.45) is 0 Å². The van der Waals surface area contributed by atoms with Crippen molar-refractivity contribution in [2.75, 3.05) is 18.3 Å². The van der Waals surface area contributed by atoms with Gasteiger partial charge in [0, 0.05) is 19.1 Å². The van der Waals surface area contributed by atoms with E-state index in [9.17, 15) is 10.0 Å². The standard InChI is InChI=1S/C13H19N3O2/c1-11-2-4-13(5-3-11)16(18)15-8-6-12(7-9-15)14-10-17/h2-5,10,12,18H,6-9H2,1H3,(H,14,17). The van der Waals surface area contributed by atoms with Crippen LogP contribution in [0.1, 0.15) is 18.4 Å². The second kappa shape index (κ2) is 5.84. The van der Waals surface area contributed by atoms with Crippen LogP contribution in [0, 0.1) is 6.92 Å². The Hall–Kier alpha value is -1.59. The molecular formula is C13H19N3O2. The number of hydrazine groups is 1. The van der Waals surface area contributed by atoms with Crippen LogP contribution in [0.3, 0.4) is 0 Å². The lowest BCUT2D eigenvalue weighted by atomic mass is 10.1. The highest BCUT2D eigenvalue weighted by Crippen LogP contribution is 2.19. The van der Waals surface area contributed by atoms with Gasteiger partial charge in [-0.3, -0.25) is 10.0 Å². The monoisotopic (exact) mass is 249 g/mol. The Morgan fingerprint density at radius 2 is 1.94 bits per heavy atom. The van der Waals surface area contributed by atoms with Crippen molar-refractivity contribution in [3.8, 4) is 0 Å². The molecule has 1 aromatic rings. The number of anilines is 1. The molecule has 1 amide bonds. The van der Waals surface area contributed by atoms with E-state index in [0.29, 0.717) is 0 Å². The number of hydrogen-bond donors (Lipinski definition) is 2. The van der Waals surface area contributed by atoms with E-state index >= 15 is 0 Å². The fourth-order valence-electron chi connectivity index (χ4n) is 2.16. The van der Waals surface area contributed by atoms with E-state index in [0.717, 1.165) is 38.0 Å². The van der Waals surface area contributed by atoms with E-state index in [-0.39, 0.29) is 6.04 Å². The third kappa shape index (κ3) is 3.00. The molecule has 1 aliphatic rings. The van der Waals surface area contributed by atoms with Gasteiger partial charge in [-0.25, -0.2) is 0 Å². The van der Waals surface area contributed by atoms with Crippen LogP contribution >= 0.6 is 0 Å². The molecule has 98 valence electrons. The Bertz CT molecular complexity index is 386. The first kappa shape index (κ1) is 12.9. The van der Waals surface area contributed by atoms with E-state index in [4.69, 9.17) is 0 Å². The van der Waals surface area contributed by atoms with Crippen molar-refractivity contribution in [2.45, 2.75) is 25.8 Å². The Balaban J connectivity index is 1.92. The Morgan fingerprint density at radius 1 is 1.33 bits per heavy atom. The molecule has 1 saturated heterocycles. The van der Waals surface area contributed by atoms with Crippen LogP contribution in [0.25, 0.3) is 0 Å². The number of piperidine rings is 1. The largest absolute Gasteiger partial charge is 0.356 e. The van der Waals surface area contributed by atoms with Crippen LogP contribution in [-0.4, -0.2) is 35.8 Å². The summed E-state index contributed by atoms with van der Waals surface area (Å²) in [5.74, 6) is 0. The molecule has 1 aromatic carbocycles. The van der Waals surface area contributed by atoms with E-state index in [1.807, 2.05) is 36.2 Å². The van der Waals surface area contributed by atoms with Gasteiger partial charge in [-0.05, 0) is 31.9 Å². The molecule has 2 N–H and O–H groups in total. The van der Waals surface area contributed by atoms with Gasteiger partial charge < -0.3 is 5.32 Å². The fraction of sp³-hybridized carbons (Fsp3) is 0.462. The minimum absolute atomic E-state index is 0.227. The van der Waals surface area contributed by atoms with Crippen molar-refractivity contribution in [3.05, 3.63) is 29.8 Å². The molecule has 18 heavy (non-hydrogen) atoms. The summed E-state index contributed by atoms with van der Waals surface area (Å²) in [6.45, 7) is 3.48. The van der Waals surface area contributed by atoms with Gasteiger partial charge in [0.1, 0.15) is 0 Å². The Morgan fingerprint density at radius 3 is 2.50 bits per heavy atom. The number of aryl methyl sites for hydroxylation is 1. The van der Waals surface area contributed by atoms with Gasteiger partial charge in [0.25, 0.3) is 0 Å². The molecule has 0 radical (unpaired) electrons. The van der Waals surface area contributed by atoms with Crippen LogP contribution < -0.4 is 10.5 Å². The lowest BCUT2D eigenvalue weighted by Gasteiger charge is -2.36. The number of benzene rings is 1. The molecule has 1 aliphatic heterocycles. The van der Waals surface area contributed by atoms with Crippen molar-refractivity contribution in [3.63, 3.8) is 0 Å². The molecule has 0 atom stereocenters. The lowest BCUT2D eigenvalue weighted by Crippen LogP contribution is -2.49. The molecule has 5 nitrogen and oxygen atoms in total. The summed E-state index contributed by atoms with van der Waals surface area (Å²) in [4.78, 5) is 10.4.